The van der Waals surface area contributed by atoms with Gasteiger partial charge in [0.25, 0.3) is 0 Å². The zero-order valence-electron chi connectivity index (χ0n) is 8.94. The Balaban J connectivity index is 2.50. The molecular formula is C14H10BrFO. The first-order valence-corrected chi connectivity index (χ1v) is 5.97. The van der Waals surface area contributed by atoms with Gasteiger partial charge in [0.05, 0.1) is 10.4 Å². The fourth-order valence-electron chi connectivity index (χ4n) is 1.75. The van der Waals surface area contributed by atoms with E-state index < -0.39 is 5.92 Å². The lowest BCUT2D eigenvalue weighted by Gasteiger charge is -2.12. The Morgan fingerprint density at radius 2 is 1.76 bits per heavy atom. The van der Waals surface area contributed by atoms with Crippen molar-refractivity contribution in [1.29, 1.82) is 0 Å². The van der Waals surface area contributed by atoms with Gasteiger partial charge >= 0.3 is 0 Å². The van der Waals surface area contributed by atoms with E-state index in [1.807, 2.05) is 30.3 Å². The Morgan fingerprint density at radius 3 is 2.41 bits per heavy atom. The monoisotopic (exact) mass is 292 g/mol. The van der Waals surface area contributed by atoms with Crippen LogP contribution in [0.5, 0.6) is 0 Å². The molecule has 0 aromatic heterocycles. The first kappa shape index (κ1) is 12.0. The molecule has 0 heterocycles. The highest BCUT2D eigenvalue weighted by Gasteiger charge is 2.18. The van der Waals surface area contributed by atoms with Gasteiger partial charge in [-0.05, 0) is 27.6 Å². The van der Waals surface area contributed by atoms with Gasteiger partial charge in [0.1, 0.15) is 12.1 Å². The molecule has 3 heteroatoms. The topological polar surface area (TPSA) is 17.1 Å². The number of rotatable bonds is 3. The Bertz CT molecular complexity index is 525. The van der Waals surface area contributed by atoms with Crippen LogP contribution in [0.4, 0.5) is 4.39 Å². The van der Waals surface area contributed by atoms with Crippen molar-refractivity contribution in [2.24, 2.45) is 0 Å². The van der Waals surface area contributed by atoms with Gasteiger partial charge in [-0.3, -0.25) is 0 Å². The molecule has 2 aromatic carbocycles. The summed E-state index contributed by atoms with van der Waals surface area (Å²) in [6, 6.07) is 14.1. The summed E-state index contributed by atoms with van der Waals surface area (Å²) >= 11 is 3.13. The van der Waals surface area contributed by atoms with Crippen molar-refractivity contribution in [2.45, 2.75) is 5.92 Å². The van der Waals surface area contributed by atoms with Crippen LogP contribution in [-0.2, 0) is 4.79 Å². The summed E-state index contributed by atoms with van der Waals surface area (Å²) in [6.45, 7) is 0. The van der Waals surface area contributed by atoms with Crippen LogP contribution >= 0.6 is 15.9 Å². The van der Waals surface area contributed by atoms with Crippen LogP contribution in [0.1, 0.15) is 17.0 Å². The molecule has 0 radical (unpaired) electrons. The molecule has 0 N–H and O–H groups in total. The first-order valence-electron chi connectivity index (χ1n) is 5.18. The van der Waals surface area contributed by atoms with Gasteiger partial charge in [-0.1, -0.05) is 42.5 Å². The van der Waals surface area contributed by atoms with Crippen molar-refractivity contribution in [3.8, 4) is 0 Å². The molecule has 86 valence electrons. The molecule has 0 saturated carbocycles. The predicted octanol–water partition coefficient (Wildman–Crippen LogP) is 3.92. The fourth-order valence-corrected chi connectivity index (χ4v) is 2.13. The number of carbonyl (C=O) groups is 1. The van der Waals surface area contributed by atoms with Crippen LogP contribution in [0.15, 0.2) is 53.0 Å². The van der Waals surface area contributed by atoms with Gasteiger partial charge in [0.15, 0.2) is 0 Å². The highest BCUT2D eigenvalue weighted by Crippen LogP contribution is 2.28. The molecule has 0 aliphatic rings. The SMILES string of the molecule is O=CC(c1ccccc1)c1cccc(Br)c1F. The summed E-state index contributed by atoms with van der Waals surface area (Å²) in [4.78, 5) is 11.2. The van der Waals surface area contributed by atoms with E-state index in [-0.39, 0.29) is 5.82 Å². The summed E-state index contributed by atoms with van der Waals surface area (Å²) in [7, 11) is 0. The van der Waals surface area contributed by atoms with E-state index in [1.54, 1.807) is 18.2 Å². The third-order valence-electron chi connectivity index (χ3n) is 2.61. The average molecular weight is 293 g/mol. The highest BCUT2D eigenvalue weighted by molar-refractivity contribution is 9.10. The summed E-state index contributed by atoms with van der Waals surface area (Å²) in [5.74, 6) is -0.942. The number of carbonyl (C=O) groups excluding carboxylic acids is 1. The Labute approximate surface area is 107 Å². The lowest BCUT2D eigenvalue weighted by molar-refractivity contribution is -0.108. The molecule has 0 saturated heterocycles. The second-order valence-corrected chi connectivity index (χ2v) is 4.52. The van der Waals surface area contributed by atoms with Gasteiger partial charge in [0.2, 0.25) is 0 Å². The molecule has 17 heavy (non-hydrogen) atoms. The maximum atomic E-state index is 13.9. The molecule has 0 amide bonds. The highest BCUT2D eigenvalue weighted by atomic mass is 79.9. The summed E-state index contributed by atoms with van der Waals surface area (Å²) in [5, 5.41) is 0. The van der Waals surface area contributed by atoms with Crippen LogP contribution < -0.4 is 0 Å². The molecule has 1 unspecified atom stereocenters. The maximum Gasteiger partial charge on any atom is 0.141 e. The van der Waals surface area contributed by atoms with E-state index in [0.29, 0.717) is 10.0 Å². The van der Waals surface area contributed by atoms with Crippen molar-refractivity contribution in [3.05, 3.63) is 69.9 Å². The second kappa shape index (κ2) is 5.23. The Kier molecular flexibility index (Phi) is 3.69. The van der Waals surface area contributed by atoms with Crippen LogP contribution in [0, 0.1) is 5.82 Å². The molecule has 0 fully saturated rings. The van der Waals surface area contributed by atoms with Gasteiger partial charge in [0, 0.05) is 5.56 Å². The van der Waals surface area contributed by atoms with E-state index in [1.165, 1.54) is 0 Å². The minimum Gasteiger partial charge on any atom is -0.302 e. The molecule has 0 aliphatic heterocycles. The second-order valence-electron chi connectivity index (χ2n) is 3.67. The van der Waals surface area contributed by atoms with Crippen molar-refractivity contribution in [3.63, 3.8) is 0 Å². The lowest BCUT2D eigenvalue weighted by atomic mass is 9.92. The van der Waals surface area contributed by atoms with E-state index in [2.05, 4.69) is 15.9 Å². The normalized spacial score (nSPS) is 12.1. The van der Waals surface area contributed by atoms with Crippen LogP contribution in [-0.4, -0.2) is 6.29 Å². The Hall–Kier alpha value is -1.48. The zero-order valence-corrected chi connectivity index (χ0v) is 10.5. The number of hydrogen-bond donors (Lipinski definition) is 0. The molecule has 2 aromatic rings. The molecule has 0 spiro atoms. The molecule has 2 rings (SSSR count). The molecule has 0 aliphatic carbocycles. The largest absolute Gasteiger partial charge is 0.302 e. The fraction of sp³-hybridized carbons (Fsp3) is 0.0714. The molecule has 1 nitrogen and oxygen atoms in total. The van der Waals surface area contributed by atoms with Crippen LogP contribution in [0.3, 0.4) is 0 Å². The van der Waals surface area contributed by atoms with E-state index >= 15 is 0 Å². The smallest absolute Gasteiger partial charge is 0.141 e. The van der Waals surface area contributed by atoms with Crippen LogP contribution in [0.2, 0.25) is 0 Å². The minimum absolute atomic E-state index is 0.373. The summed E-state index contributed by atoms with van der Waals surface area (Å²) in [5.41, 5.74) is 1.18. The van der Waals surface area contributed by atoms with Gasteiger partial charge in [-0.15, -0.1) is 0 Å². The van der Waals surface area contributed by atoms with Gasteiger partial charge < -0.3 is 4.79 Å². The van der Waals surface area contributed by atoms with E-state index in [4.69, 9.17) is 0 Å². The van der Waals surface area contributed by atoms with Crippen molar-refractivity contribution < 1.29 is 9.18 Å². The van der Waals surface area contributed by atoms with Crippen molar-refractivity contribution in [1.82, 2.24) is 0 Å². The number of aldehydes is 1. The third kappa shape index (κ3) is 2.44. The molecule has 1 atom stereocenters. The molecular weight excluding hydrogens is 283 g/mol. The van der Waals surface area contributed by atoms with Crippen LogP contribution in [0.25, 0.3) is 0 Å². The Morgan fingerprint density at radius 1 is 1.06 bits per heavy atom. The lowest BCUT2D eigenvalue weighted by Crippen LogP contribution is -2.05. The van der Waals surface area contributed by atoms with E-state index in [9.17, 15) is 9.18 Å². The van der Waals surface area contributed by atoms with Gasteiger partial charge in [-0.2, -0.15) is 0 Å². The standard InChI is InChI=1S/C14H10BrFO/c15-13-8-4-7-11(14(13)16)12(9-17)10-5-2-1-3-6-10/h1-9,12H. The predicted molar refractivity (Wildman–Crippen MR) is 68.4 cm³/mol. The van der Waals surface area contributed by atoms with Gasteiger partial charge in [-0.25, -0.2) is 4.39 Å². The zero-order chi connectivity index (χ0) is 12.3. The number of benzene rings is 2. The first-order chi connectivity index (χ1) is 8.24. The van der Waals surface area contributed by atoms with Crippen molar-refractivity contribution in [2.75, 3.05) is 0 Å². The minimum atomic E-state index is -0.561. The third-order valence-corrected chi connectivity index (χ3v) is 3.22. The van der Waals surface area contributed by atoms with E-state index in [0.717, 1.165) is 11.8 Å². The maximum absolute atomic E-state index is 13.9. The number of halogens is 2. The van der Waals surface area contributed by atoms with Crippen molar-refractivity contribution >= 4 is 22.2 Å². The summed E-state index contributed by atoms with van der Waals surface area (Å²) in [6.07, 6.45) is 0.764. The number of hydrogen-bond acceptors (Lipinski definition) is 1. The average Bonchev–Trinajstić information content (AvgIpc) is 2.37. The summed E-state index contributed by atoms with van der Waals surface area (Å²) < 4.78 is 14.3. The molecule has 0 bridgehead atoms. The quantitative estimate of drug-likeness (QED) is 0.784.